The van der Waals surface area contributed by atoms with Crippen LogP contribution in [-0.2, 0) is 4.79 Å². The molecular formula is C15H26N2O. The highest BCUT2D eigenvalue weighted by atomic mass is 16.2. The lowest BCUT2D eigenvalue weighted by Crippen LogP contribution is -2.45. The van der Waals surface area contributed by atoms with Crippen molar-refractivity contribution in [1.82, 2.24) is 10.2 Å². The van der Waals surface area contributed by atoms with Gasteiger partial charge in [-0.3, -0.25) is 10.1 Å². The summed E-state index contributed by atoms with van der Waals surface area (Å²) in [7, 11) is 0. The van der Waals surface area contributed by atoms with E-state index in [2.05, 4.69) is 24.1 Å². The third-order valence-electron chi connectivity index (χ3n) is 5.11. The summed E-state index contributed by atoms with van der Waals surface area (Å²) < 4.78 is 0. The molecule has 0 radical (unpaired) electrons. The van der Waals surface area contributed by atoms with Crippen molar-refractivity contribution >= 4 is 5.91 Å². The predicted molar refractivity (Wildman–Crippen MR) is 72.1 cm³/mol. The lowest BCUT2D eigenvalue weighted by molar-refractivity contribution is -0.135. The third-order valence-corrected chi connectivity index (χ3v) is 5.11. The van der Waals surface area contributed by atoms with Crippen molar-refractivity contribution in [2.75, 3.05) is 0 Å². The molecule has 2 atom stereocenters. The first-order valence-electron chi connectivity index (χ1n) is 7.77. The van der Waals surface area contributed by atoms with Crippen LogP contribution < -0.4 is 5.32 Å². The first kappa shape index (κ1) is 12.5. The number of nitrogens with one attached hydrogen (secondary N) is 1. The maximum atomic E-state index is 12.8. The van der Waals surface area contributed by atoms with Gasteiger partial charge in [0.1, 0.15) is 0 Å². The molecule has 1 N–H and O–H groups in total. The van der Waals surface area contributed by atoms with Crippen LogP contribution in [0.2, 0.25) is 0 Å². The van der Waals surface area contributed by atoms with E-state index in [0.29, 0.717) is 11.9 Å². The minimum Gasteiger partial charge on any atom is -0.323 e. The second-order valence-corrected chi connectivity index (χ2v) is 6.60. The van der Waals surface area contributed by atoms with Gasteiger partial charge in [-0.15, -0.1) is 0 Å². The lowest BCUT2D eigenvalue weighted by atomic mass is 9.97. The Kier molecular flexibility index (Phi) is 3.13. The molecule has 2 unspecified atom stereocenters. The Morgan fingerprint density at radius 1 is 1.39 bits per heavy atom. The molecule has 3 heteroatoms. The standard InChI is InChI=1S/C15H26N2O/c1-3-13-16-15(8-4-5-9-15)14(18)17(13)11(2)10-12-6-7-12/h11-13,16H,3-10H2,1-2H3. The highest BCUT2D eigenvalue weighted by molar-refractivity contribution is 5.89. The molecule has 0 aromatic carbocycles. The first-order valence-corrected chi connectivity index (χ1v) is 7.77. The lowest BCUT2D eigenvalue weighted by Gasteiger charge is -2.30. The zero-order chi connectivity index (χ0) is 12.8. The number of nitrogens with zero attached hydrogens (tertiary/aromatic N) is 1. The van der Waals surface area contributed by atoms with Gasteiger partial charge in [-0.1, -0.05) is 32.6 Å². The van der Waals surface area contributed by atoms with Gasteiger partial charge >= 0.3 is 0 Å². The van der Waals surface area contributed by atoms with E-state index in [9.17, 15) is 4.79 Å². The molecule has 2 aliphatic carbocycles. The summed E-state index contributed by atoms with van der Waals surface area (Å²) in [5.41, 5.74) is -0.182. The summed E-state index contributed by atoms with van der Waals surface area (Å²) in [4.78, 5) is 15.0. The topological polar surface area (TPSA) is 32.3 Å². The predicted octanol–water partition coefficient (Wildman–Crippen LogP) is 2.66. The molecule has 102 valence electrons. The highest BCUT2D eigenvalue weighted by Gasteiger charge is 2.53. The van der Waals surface area contributed by atoms with Crippen LogP contribution in [0.5, 0.6) is 0 Å². The molecule has 3 fully saturated rings. The van der Waals surface area contributed by atoms with Crippen LogP contribution in [0.3, 0.4) is 0 Å². The van der Waals surface area contributed by atoms with Crippen LogP contribution in [0, 0.1) is 5.92 Å². The van der Waals surface area contributed by atoms with E-state index in [-0.39, 0.29) is 11.7 Å². The van der Waals surface area contributed by atoms with Crippen molar-refractivity contribution in [2.24, 2.45) is 5.92 Å². The van der Waals surface area contributed by atoms with Crippen molar-refractivity contribution in [1.29, 1.82) is 0 Å². The van der Waals surface area contributed by atoms with Crippen LogP contribution in [-0.4, -0.2) is 28.6 Å². The zero-order valence-electron chi connectivity index (χ0n) is 11.7. The summed E-state index contributed by atoms with van der Waals surface area (Å²) in [5.74, 6) is 1.30. The zero-order valence-corrected chi connectivity index (χ0v) is 11.7. The monoisotopic (exact) mass is 250 g/mol. The molecule has 3 nitrogen and oxygen atoms in total. The van der Waals surface area contributed by atoms with E-state index in [1.54, 1.807) is 0 Å². The van der Waals surface area contributed by atoms with Gasteiger partial charge in [0.15, 0.2) is 0 Å². The van der Waals surface area contributed by atoms with Gasteiger partial charge in [0.25, 0.3) is 0 Å². The Morgan fingerprint density at radius 2 is 2.06 bits per heavy atom. The Labute approximate surface area is 110 Å². The fourth-order valence-corrected chi connectivity index (χ4v) is 3.93. The number of rotatable bonds is 4. The molecular weight excluding hydrogens is 224 g/mol. The second kappa shape index (κ2) is 4.52. The third kappa shape index (κ3) is 1.97. The van der Waals surface area contributed by atoms with Crippen molar-refractivity contribution < 1.29 is 4.79 Å². The van der Waals surface area contributed by atoms with Crippen molar-refractivity contribution in [3.8, 4) is 0 Å². The SMILES string of the molecule is CCC1NC2(CCCC2)C(=O)N1C(C)CC1CC1. The maximum Gasteiger partial charge on any atom is 0.244 e. The Morgan fingerprint density at radius 3 is 2.61 bits per heavy atom. The van der Waals surface area contributed by atoms with Gasteiger partial charge in [-0.25, -0.2) is 0 Å². The minimum atomic E-state index is -0.182. The molecule has 0 bridgehead atoms. The van der Waals surface area contributed by atoms with Gasteiger partial charge in [-0.2, -0.15) is 0 Å². The van der Waals surface area contributed by atoms with Crippen molar-refractivity contribution in [3.05, 3.63) is 0 Å². The number of carbonyl (C=O) groups excluding carboxylic acids is 1. The summed E-state index contributed by atoms with van der Waals surface area (Å²) in [5, 5.41) is 3.67. The average Bonchev–Trinajstić information content (AvgIpc) is 2.96. The number of amides is 1. The van der Waals surface area contributed by atoms with E-state index < -0.39 is 0 Å². The molecule has 0 aromatic heterocycles. The molecule has 1 amide bonds. The molecule has 1 spiro atoms. The fraction of sp³-hybridized carbons (Fsp3) is 0.933. The molecule has 3 rings (SSSR count). The fourth-order valence-electron chi connectivity index (χ4n) is 3.93. The van der Waals surface area contributed by atoms with Gasteiger partial charge in [0.05, 0.1) is 11.7 Å². The molecule has 18 heavy (non-hydrogen) atoms. The molecule has 0 aromatic rings. The van der Waals surface area contributed by atoms with E-state index in [1.165, 1.54) is 32.1 Å². The Bertz CT molecular complexity index is 331. The van der Waals surface area contributed by atoms with Gasteiger partial charge in [0.2, 0.25) is 5.91 Å². The maximum absolute atomic E-state index is 12.8. The smallest absolute Gasteiger partial charge is 0.244 e. The second-order valence-electron chi connectivity index (χ2n) is 6.60. The number of hydrogen-bond acceptors (Lipinski definition) is 2. The first-order chi connectivity index (χ1) is 8.66. The molecule has 3 aliphatic rings. The Balaban J connectivity index is 1.76. The van der Waals surface area contributed by atoms with E-state index in [4.69, 9.17) is 0 Å². The van der Waals surface area contributed by atoms with Gasteiger partial charge in [0, 0.05) is 6.04 Å². The summed E-state index contributed by atoms with van der Waals surface area (Å²) in [6.45, 7) is 4.43. The molecule has 1 saturated heterocycles. The number of carbonyl (C=O) groups is 1. The average molecular weight is 250 g/mol. The van der Waals surface area contributed by atoms with Crippen LogP contribution in [0.4, 0.5) is 0 Å². The van der Waals surface area contributed by atoms with Crippen molar-refractivity contribution in [2.45, 2.75) is 83.0 Å². The Hall–Kier alpha value is -0.570. The molecule has 1 aliphatic heterocycles. The van der Waals surface area contributed by atoms with Crippen LogP contribution in [0.25, 0.3) is 0 Å². The van der Waals surface area contributed by atoms with E-state index >= 15 is 0 Å². The molecule has 2 saturated carbocycles. The van der Waals surface area contributed by atoms with Crippen LogP contribution >= 0.6 is 0 Å². The molecule has 1 heterocycles. The van der Waals surface area contributed by atoms with Gasteiger partial charge in [-0.05, 0) is 38.5 Å². The van der Waals surface area contributed by atoms with E-state index in [1.807, 2.05) is 0 Å². The van der Waals surface area contributed by atoms with E-state index in [0.717, 1.165) is 25.2 Å². The van der Waals surface area contributed by atoms with Crippen LogP contribution in [0.15, 0.2) is 0 Å². The normalized spacial score (nSPS) is 32.4. The van der Waals surface area contributed by atoms with Crippen LogP contribution in [0.1, 0.15) is 65.2 Å². The quantitative estimate of drug-likeness (QED) is 0.832. The summed E-state index contributed by atoms with van der Waals surface area (Å²) in [6.07, 6.45) is 9.79. The number of hydrogen-bond donors (Lipinski definition) is 1. The largest absolute Gasteiger partial charge is 0.323 e. The summed E-state index contributed by atoms with van der Waals surface area (Å²) >= 11 is 0. The minimum absolute atomic E-state index is 0.182. The van der Waals surface area contributed by atoms with Gasteiger partial charge < -0.3 is 4.90 Å². The van der Waals surface area contributed by atoms with Crippen molar-refractivity contribution in [3.63, 3.8) is 0 Å². The highest BCUT2D eigenvalue weighted by Crippen LogP contribution is 2.40. The summed E-state index contributed by atoms with van der Waals surface area (Å²) in [6, 6.07) is 0.419.